The van der Waals surface area contributed by atoms with Crippen LogP contribution >= 0.6 is 15.9 Å². The van der Waals surface area contributed by atoms with E-state index < -0.39 is 17.9 Å². The average Bonchev–Trinajstić information content (AvgIpc) is 2.36. The number of hydrogen-bond donors (Lipinski definition) is 2. The van der Waals surface area contributed by atoms with Crippen LogP contribution in [0.25, 0.3) is 0 Å². The lowest BCUT2D eigenvalue weighted by molar-refractivity contribution is -0.147. The van der Waals surface area contributed by atoms with Gasteiger partial charge in [0.1, 0.15) is 0 Å². The third-order valence-corrected chi connectivity index (χ3v) is 3.28. The summed E-state index contributed by atoms with van der Waals surface area (Å²) in [4.78, 5) is 24.2. The van der Waals surface area contributed by atoms with Crippen LogP contribution in [0.4, 0.5) is 0 Å². The van der Waals surface area contributed by atoms with E-state index in [1.54, 1.807) is 7.05 Å². The molecule has 1 aromatic rings. The van der Waals surface area contributed by atoms with Gasteiger partial charge in [-0.3, -0.25) is 10.1 Å². The van der Waals surface area contributed by atoms with E-state index in [0.29, 0.717) is 13.0 Å². The van der Waals surface area contributed by atoms with E-state index in [9.17, 15) is 9.59 Å². The van der Waals surface area contributed by atoms with Gasteiger partial charge in [0, 0.05) is 18.1 Å². The van der Waals surface area contributed by atoms with Crippen molar-refractivity contribution >= 4 is 27.8 Å². The zero-order valence-electron chi connectivity index (χ0n) is 10.9. The second-order valence-corrected chi connectivity index (χ2v) is 5.12. The van der Waals surface area contributed by atoms with Gasteiger partial charge in [-0.15, -0.1) is 0 Å². The van der Waals surface area contributed by atoms with Crippen LogP contribution in [-0.2, 0) is 16.0 Å². The molecule has 0 saturated heterocycles. The second-order valence-electron chi connectivity index (χ2n) is 4.20. The highest BCUT2D eigenvalue weighted by molar-refractivity contribution is 9.10. The Morgan fingerprint density at radius 3 is 2.68 bits per heavy atom. The summed E-state index contributed by atoms with van der Waals surface area (Å²) in [6.07, 6.45) is 0.678. The molecular formula is C13H17BrN2O3. The van der Waals surface area contributed by atoms with E-state index in [0.717, 1.165) is 10.0 Å². The molecule has 0 saturated carbocycles. The van der Waals surface area contributed by atoms with Gasteiger partial charge in [-0.25, -0.2) is 4.79 Å². The molecule has 1 aromatic carbocycles. The Bertz CT molecular complexity index is 465. The first kappa shape index (κ1) is 15.7. The summed E-state index contributed by atoms with van der Waals surface area (Å²) in [5.74, 6) is -1.60. The van der Waals surface area contributed by atoms with Crippen LogP contribution < -0.4 is 5.32 Å². The number of rotatable bonds is 6. The lowest BCUT2D eigenvalue weighted by atomic mass is 10.1. The molecule has 0 aliphatic carbocycles. The maximum atomic E-state index is 11.9. The minimum absolute atomic E-state index is 0.440. The zero-order valence-corrected chi connectivity index (χ0v) is 12.5. The predicted molar refractivity (Wildman–Crippen MR) is 76.0 cm³/mol. The smallest absolute Gasteiger partial charge is 0.330 e. The predicted octanol–water partition coefficient (Wildman–Crippen LogP) is 1.12. The third kappa shape index (κ3) is 4.65. The SMILES string of the molecule is CNC(C(=O)O)C(=O)N(C)CCc1cccc(Br)c1. The molecule has 0 aliphatic heterocycles. The Kier molecular flexibility index (Phi) is 5.98. The molecule has 1 amide bonds. The van der Waals surface area contributed by atoms with Crippen molar-refractivity contribution in [3.05, 3.63) is 34.3 Å². The fraction of sp³-hybridized carbons (Fsp3) is 0.385. The number of carboxylic acids is 1. The summed E-state index contributed by atoms with van der Waals surface area (Å²) in [6, 6.07) is 6.61. The van der Waals surface area contributed by atoms with Crippen LogP contribution in [0.15, 0.2) is 28.7 Å². The molecule has 0 aliphatic rings. The Morgan fingerprint density at radius 1 is 1.47 bits per heavy atom. The van der Waals surface area contributed by atoms with Crippen molar-refractivity contribution in [2.75, 3.05) is 20.6 Å². The molecule has 0 aromatic heterocycles. The molecule has 0 bridgehead atoms. The number of amides is 1. The fourth-order valence-electron chi connectivity index (χ4n) is 1.67. The molecular weight excluding hydrogens is 312 g/mol. The molecule has 2 N–H and O–H groups in total. The molecule has 0 heterocycles. The summed E-state index contributed by atoms with van der Waals surface area (Å²) >= 11 is 3.38. The number of aliphatic carboxylic acids is 1. The van der Waals surface area contributed by atoms with Crippen LogP contribution in [0, 0.1) is 0 Å². The van der Waals surface area contributed by atoms with E-state index in [4.69, 9.17) is 5.11 Å². The normalized spacial score (nSPS) is 11.9. The Labute approximate surface area is 120 Å². The van der Waals surface area contributed by atoms with Gasteiger partial charge in [0.15, 0.2) is 6.04 Å². The number of likely N-dealkylation sites (N-methyl/N-ethyl adjacent to an activating group) is 2. The van der Waals surface area contributed by atoms with Crippen LogP contribution in [0.1, 0.15) is 5.56 Å². The molecule has 1 unspecified atom stereocenters. The number of hydrogen-bond acceptors (Lipinski definition) is 3. The molecule has 104 valence electrons. The number of nitrogens with zero attached hydrogens (tertiary/aromatic N) is 1. The fourth-order valence-corrected chi connectivity index (χ4v) is 2.12. The highest BCUT2D eigenvalue weighted by Crippen LogP contribution is 2.12. The van der Waals surface area contributed by atoms with Gasteiger partial charge in [-0.05, 0) is 31.2 Å². The molecule has 19 heavy (non-hydrogen) atoms. The van der Waals surface area contributed by atoms with Gasteiger partial charge in [0.05, 0.1) is 0 Å². The quantitative estimate of drug-likeness (QED) is 0.768. The Hall–Kier alpha value is -1.40. The standard InChI is InChI=1S/C13H17BrN2O3/c1-15-11(13(18)19)12(17)16(2)7-6-9-4-3-5-10(14)8-9/h3-5,8,11,15H,6-7H2,1-2H3,(H,18,19). The number of halogens is 1. The zero-order chi connectivity index (χ0) is 14.4. The minimum Gasteiger partial charge on any atom is -0.480 e. The van der Waals surface area contributed by atoms with E-state index in [1.165, 1.54) is 11.9 Å². The molecule has 0 fully saturated rings. The lowest BCUT2D eigenvalue weighted by Gasteiger charge is -2.21. The van der Waals surface area contributed by atoms with E-state index in [1.807, 2.05) is 24.3 Å². The molecule has 5 nitrogen and oxygen atoms in total. The van der Waals surface area contributed by atoms with Crippen molar-refractivity contribution in [2.24, 2.45) is 0 Å². The summed E-state index contributed by atoms with van der Waals surface area (Å²) in [6.45, 7) is 0.473. The summed E-state index contributed by atoms with van der Waals surface area (Å²) in [7, 11) is 3.06. The number of carbonyl (C=O) groups excluding carboxylic acids is 1. The van der Waals surface area contributed by atoms with Gasteiger partial charge >= 0.3 is 5.97 Å². The molecule has 1 rings (SSSR count). The number of carbonyl (C=O) groups is 2. The third-order valence-electron chi connectivity index (χ3n) is 2.78. The van der Waals surface area contributed by atoms with E-state index in [2.05, 4.69) is 21.2 Å². The van der Waals surface area contributed by atoms with Crippen LogP contribution in [0.2, 0.25) is 0 Å². The van der Waals surface area contributed by atoms with Crippen molar-refractivity contribution in [3.8, 4) is 0 Å². The largest absolute Gasteiger partial charge is 0.480 e. The first-order chi connectivity index (χ1) is 8.95. The lowest BCUT2D eigenvalue weighted by Crippen LogP contribution is -2.48. The highest BCUT2D eigenvalue weighted by atomic mass is 79.9. The van der Waals surface area contributed by atoms with Gasteiger partial charge in [0.25, 0.3) is 5.91 Å². The van der Waals surface area contributed by atoms with Crippen LogP contribution in [-0.4, -0.2) is 48.6 Å². The van der Waals surface area contributed by atoms with Crippen LogP contribution in [0.3, 0.4) is 0 Å². The molecule has 0 spiro atoms. The first-order valence-electron chi connectivity index (χ1n) is 5.85. The molecule has 6 heteroatoms. The van der Waals surface area contributed by atoms with Gasteiger partial charge < -0.3 is 10.0 Å². The number of carboxylic acid groups (broad SMARTS) is 1. The average molecular weight is 329 g/mol. The Morgan fingerprint density at radius 2 is 2.16 bits per heavy atom. The van der Waals surface area contributed by atoms with E-state index >= 15 is 0 Å². The van der Waals surface area contributed by atoms with Crippen molar-refractivity contribution in [2.45, 2.75) is 12.5 Å². The van der Waals surface area contributed by atoms with Gasteiger partial charge in [0.2, 0.25) is 0 Å². The van der Waals surface area contributed by atoms with E-state index in [-0.39, 0.29) is 0 Å². The van der Waals surface area contributed by atoms with Crippen molar-refractivity contribution in [1.82, 2.24) is 10.2 Å². The van der Waals surface area contributed by atoms with Crippen molar-refractivity contribution < 1.29 is 14.7 Å². The highest BCUT2D eigenvalue weighted by Gasteiger charge is 2.26. The maximum absolute atomic E-state index is 11.9. The molecule has 1 atom stereocenters. The van der Waals surface area contributed by atoms with Crippen molar-refractivity contribution in [1.29, 1.82) is 0 Å². The van der Waals surface area contributed by atoms with Crippen molar-refractivity contribution in [3.63, 3.8) is 0 Å². The summed E-state index contributed by atoms with van der Waals surface area (Å²) in [5, 5.41) is 11.4. The number of nitrogens with one attached hydrogen (secondary N) is 1. The summed E-state index contributed by atoms with van der Waals surface area (Å²) in [5.41, 5.74) is 1.09. The summed E-state index contributed by atoms with van der Waals surface area (Å²) < 4.78 is 0.984. The molecule has 0 radical (unpaired) electrons. The van der Waals surface area contributed by atoms with Gasteiger partial charge in [-0.2, -0.15) is 0 Å². The first-order valence-corrected chi connectivity index (χ1v) is 6.64. The maximum Gasteiger partial charge on any atom is 0.330 e. The topological polar surface area (TPSA) is 69.6 Å². The monoisotopic (exact) mass is 328 g/mol. The number of benzene rings is 1. The Balaban J connectivity index is 2.57. The van der Waals surface area contributed by atoms with Crippen LogP contribution in [0.5, 0.6) is 0 Å². The second kappa shape index (κ2) is 7.25. The van der Waals surface area contributed by atoms with Gasteiger partial charge in [-0.1, -0.05) is 28.1 Å². The minimum atomic E-state index is -1.19.